The van der Waals surface area contributed by atoms with Crippen molar-refractivity contribution in [3.8, 4) is 5.75 Å². The minimum Gasteiger partial charge on any atom is -0.494 e. The van der Waals surface area contributed by atoms with E-state index in [1.807, 2.05) is 27.7 Å². The van der Waals surface area contributed by atoms with Gasteiger partial charge in [-0.1, -0.05) is 23.2 Å². The number of rotatable bonds is 6. The number of esters is 1. The van der Waals surface area contributed by atoms with Crippen LogP contribution in [0, 0.1) is 0 Å². The van der Waals surface area contributed by atoms with Gasteiger partial charge in [-0.2, -0.15) is 0 Å². The van der Waals surface area contributed by atoms with Crippen LogP contribution >= 0.6 is 23.2 Å². The average Bonchev–Trinajstić information content (AvgIpc) is 2.48. The van der Waals surface area contributed by atoms with Crippen molar-refractivity contribution >= 4 is 35.3 Å². The number of carbonyl (C=O) groups is 2. The molecule has 0 aliphatic heterocycles. The van der Waals surface area contributed by atoms with E-state index in [2.05, 4.69) is 0 Å². The van der Waals surface area contributed by atoms with E-state index in [4.69, 9.17) is 37.4 Å². The molecule has 8 heteroatoms. The van der Waals surface area contributed by atoms with Crippen molar-refractivity contribution in [1.82, 2.24) is 4.90 Å². The Labute approximate surface area is 151 Å². The van der Waals surface area contributed by atoms with E-state index in [0.717, 1.165) is 0 Å². The highest BCUT2D eigenvalue weighted by Gasteiger charge is 2.24. The van der Waals surface area contributed by atoms with Gasteiger partial charge >= 0.3 is 12.1 Å². The Morgan fingerprint density at radius 2 is 1.58 bits per heavy atom. The van der Waals surface area contributed by atoms with E-state index < -0.39 is 18.9 Å². The third-order valence-electron chi connectivity index (χ3n) is 3.16. The van der Waals surface area contributed by atoms with Crippen molar-refractivity contribution < 1.29 is 23.8 Å². The highest BCUT2D eigenvalue weighted by molar-refractivity contribution is 6.37. The highest BCUT2D eigenvalue weighted by atomic mass is 35.5. The molecule has 0 radical (unpaired) electrons. The van der Waals surface area contributed by atoms with Gasteiger partial charge in [0.05, 0.1) is 17.2 Å². The van der Waals surface area contributed by atoms with Crippen molar-refractivity contribution in [2.24, 2.45) is 0 Å². The van der Waals surface area contributed by atoms with Gasteiger partial charge in [-0.05, 0) is 39.8 Å². The average molecular weight is 378 g/mol. The van der Waals surface area contributed by atoms with E-state index in [1.165, 1.54) is 24.1 Å². The molecular weight excluding hydrogens is 357 g/mol. The van der Waals surface area contributed by atoms with Gasteiger partial charge in [0.25, 0.3) is 0 Å². The van der Waals surface area contributed by atoms with E-state index in [0.29, 0.717) is 0 Å². The topological polar surface area (TPSA) is 65.1 Å². The Morgan fingerprint density at radius 1 is 1.04 bits per heavy atom. The summed E-state index contributed by atoms with van der Waals surface area (Å²) in [6, 6.07) is 2.86. The molecule has 0 unspecified atom stereocenters. The fourth-order valence-electron chi connectivity index (χ4n) is 2.22. The third-order valence-corrected chi connectivity index (χ3v) is 3.78. The Bertz CT molecular complexity index is 596. The van der Waals surface area contributed by atoms with Gasteiger partial charge in [0.1, 0.15) is 5.56 Å². The second-order valence-corrected chi connectivity index (χ2v) is 6.31. The summed E-state index contributed by atoms with van der Waals surface area (Å²) >= 11 is 12.0. The first-order chi connectivity index (χ1) is 11.2. The predicted octanol–water partition coefficient (Wildman–Crippen LogP) is 4.37. The smallest absolute Gasteiger partial charge is 0.413 e. The van der Waals surface area contributed by atoms with Crippen LogP contribution in [0.25, 0.3) is 0 Å². The zero-order valence-electron chi connectivity index (χ0n) is 14.3. The summed E-state index contributed by atoms with van der Waals surface area (Å²) in [6.07, 6.45) is -0.572. The molecule has 1 amide bonds. The summed E-state index contributed by atoms with van der Waals surface area (Å²) in [5.74, 6) is -0.695. The minimum atomic E-state index is -0.798. The quantitative estimate of drug-likeness (QED) is 0.543. The van der Waals surface area contributed by atoms with Crippen molar-refractivity contribution in [1.29, 1.82) is 0 Å². The predicted molar refractivity (Wildman–Crippen MR) is 91.9 cm³/mol. The number of ether oxygens (including phenoxy) is 3. The molecule has 0 heterocycles. The van der Waals surface area contributed by atoms with Gasteiger partial charge in [-0.3, -0.25) is 0 Å². The van der Waals surface area contributed by atoms with Crippen molar-refractivity contribution in [3.63, 3.8) is 0 Å². The fraction of sp³-hybridized carbons (Fsp3) is 0.500. The molecule has 0 aromatic heterocycles. The first-order valence-corrected chi connectivity index (χ1v) is 8.10. The van der Waals surface area contributed by atoms with E-state index >= 15 is 0 Å². The fourth-order valence-corrected chi connectivity index (χ4v) is 2.68. The molecule has 0 atom stereocenters. The lowest BCUT2D eigenvalue weighted by molar-refractivity contribution is -0.0172. The molecule has 1 aromatic rings. The van der Waals surface area contributed by atoms with Crippen LogP contribution in [0.3, 0.4) is 0 Å². The van der Waals surface area contributed by atoms with Crippen LogP contribution < -0.4 is 4.74 Å². The lowest BCUT2D eigenvalue weighted by Gasteiger charge is -2.29. The molecule has 0 fully saturated rings. The number of carbonyl (C=O) groups excluding carboxylic acids is 2. The monoisotopic (exact) mass is 377 g/mol. The van der Waals surface area contributed by atoms with Gasteiger partial charge < -0.3 is 19.1 Å². The maximum atomic E-state index is 12.2. The van der Waals surface area contributed by atoms with Gasteiger partial charge in [0.15, 0.2) is 5.75 Å². The first-order valence-electron chi connectivity index (χ1n) is 7.34. The van der Waals surface area contributed by atoms with Crippen molar-refractivity contribution in [2.45, 2.75) is 39.8 Å². The summed E-state index contributed by atoms with van der Waals surface area (Å²) in [5.41, 5.74) is -0.0210. The maximum absolute atomic E-state index is 12.2. The normalized spacial score (nSPS) is 10.7. The molecule has 0 N–H and O–H groups in total. The molecule has 24 heavy (non-hydrogen) atoms. The Kier molecular flexibility index (Phi) is 7.63. The number of halogens is 2. The van der Waals surface area contributed by atoms with Crippen LogP contribution in [0.4, 0.5) is 4.79 Å². The largest absolute Gasteiger partial charge is 0.494 e. The van der Waals surface area contributed by atoms with Gasteiger partial charge in [-0.25, -0.2) is 9.59 Å². The van der Waals surface area contributed by atoms with Gasteiger partial charge in [-0.15, -0.1) is 0 Å². The summed E-state index contributed by atoms with van der Waals surface area (Å²) in [4.78, 5) is 25.7. The van der Waals surface area contributed by atoms with Crippen LogP contribution in [-0.2, 0) is 9.47 Å². The summed E-state index contributed by atoms with van der Waals surface area (Å²) < 4.78 is 15.0. The number of hydrogen-bond acceptors (Lipinski definition) is 5. The van der Waals surface area contributed by atoms with Crippen LogP contribution in [0.2, 0.25) is 10.0 Å². The lowest BCUT2D eigenvalue weighted by Crippen LogP contribution is -2.42. The standard InChI is InChI=1S/C16H21Cl2NO5/c1-9(2)19(10(3)4)16(21)24-8-23-15(20)13-11(17)6-7-12(18)14(13)22-5/h6-7,9-10H,8H2,1-5H3. The zero-order valence-corrected chi connectivity index (χ0v) is 15.8. The van der Waals surface area contributed by atoms with Crippen molar-refractivity contribution in [3.05, 3.63) is 27.7 Å². The second-order valence-electron chi connectivity index (χ2n) is 5.49. The number of amides is 1. The Hall–Kier alpha value is -1.66. The minimum absolute atomic E-state index is 0.0210. The van der Waals surface area contributed by atoms with E-state index in [-0.39, 0.29) is 33.4 Å². The van der Waals surface area contributed by atoms with Crippen molar-refractivity contribution in [2.75, 3.05) is 13.9 Å². The molecular formula is C16H21Cl2NO5. The number of hydrogen-bond donors (Lipinski definition) is 0. The summed E-state index contributed by atoms with van der Waals surface area (Å²) in [6.45, 7) is 6.92. The molecule has 134 valence electrons. The second kappa shape index (κ2) is 8.99. The molecule has 1 rings (SSSR count). The maximum Gasteiger partial charge on any atom is 0.413 e. The summed E-state index contributed by atoms with van der Waals surface area (Å²) in [5, 5.41) is 0.343. The molecule has 0 aliphatic carbocycles. The van der Waals surface area contributed by atoms with Crippen LogP contribution in [0.5, 0.6) is 5.75 Å². The van der Waals surface area contributed by atoms with Crippen LogP contribution in [-0.4, -0.2) is 42.9 Å². The third kappa shape index (κ3) is 4.92. The van der Waals surface area contributed by atoms with Gasteiger partial charge in [0.2, 0.25) is 6.79 Å². The first kappa shape index (κ1) is 20.4. The van der Waals surface area contributed by atoms with Gasteiger partial charge in [0, 0.05) is 12.1 Å². The molecule has 0 aliphatic rings. The number of benzene rings is 1. The number of nitrogens with zero attached hydrogens (tertiary/aromatic N) is 1. The van der Waals surface area contributed by atoms with E-state index in [1.54, 1.807) is 0 Å². The number of methoxy groups -OCH3 is 1. The van der Waals surface area contributed by atoms with Crippen LogP contribution in [0.1, 0.15) is 38.1 Å². The lowest BCUT2D eigenvalue weighted by atomic mass is 10.2. The molecule has 0 saturated heterocycles. The molecule has 6 nitrogen and oxygen atoms in total. The molecule has 0 bridgehead atoms. The van der Waals surface area contributed by atoms with Crippen LogP contribution in [0.15, 0.2) is 12.1 Å². The zero-order chi connectivity index (χ0) is 18.4. The summed E-state index contributed by atoms with van der Waals surface area (Å²) in [7, 11) is 1.36. The highest BCUT2D eigenvalue weighted by Crippen LogP contribution is 2.34. The molecule has 0 saturated carbocycles. The SMILES string of the molecule is COc1c(Cl)ccc(Cl)c1C(=O)OCOC(=O)N(C(C)C)C(C)C. The Balaban J connectivity index is 2.75. The molecule has 1 aromatic carbocycles. The van der Waals surface area contributed by atoms with E-state index in [9.17, 15) is 9.59 Å². The Morgan fingerprint density at radius 3 is 2.08 bits per heavy atom. The molecule has 0 spiro atoms.